The lowest BCUT2D eigenvalue weighted by Gasteiger charge is -2.14. The molecule has 0 fully saturated rings. The first-order valence-corrected chi connectivity index (χ1v) is 7.06. The Labute approximate surface area is 122 Å². The fourth-order valence-corrected chi connectivity index (χ4v) is 2.56. The van der Waals surface area contributed by atoms with E-state index in [-0.39, 0.29) is 5.82 Å². The molecule has 1 aromatic heterocycles. The van der Waals surface area contributed by atoms with E-state index in [4.69, 9.17) is 0 Å². The zero-order valence-electron chi connectivity index (χ0n) is 11.8. The Hall–Kier alpha value is -2.20. The van der Waals surface area contributed by atoms with Gasteiger partial charge in [-0.1, -0.05) is 31.2 Å². The van der Waals surface area contributed by atoms with Gasteiger partial charge in [0, 0.05) is 6.42 Å². The zero-order valence-corrected chi connectivity index (χ0v) is 11.8. The minimum absolute atomic E-state index is 0.298. The quantitative estimate of drug-likeness (QED) is 0.796. The van der Waals surface area contributed by atoms with Crippen molar-refractivity contribution in [1.82, 2.24) is 9.55 Å². The summed E-state index contributed by atoms with van der Waals surface area (Å²) in [7, 11) is 0. The van der Waals surface area contributed by atoms with Crippen molar-refractivity contribution in [2.45, 2.75) is 26.0 Å². The lowest BCUT2D eigenvalue weighted by Crippen LogP contribution is -2.11. The van der Waals surface area contributed by atoms with Crippen LogP contribution < -0.4 is 0 Å². The Morgan fingerprint density at radius 2 is 1.86 bits per heavy atom. The molecule has 0 saturated carbocycles. The molecule has 3 aromatic rings. The number of aromatic nitrogens is 2. The third-order valence-corrected chi connectivity index (χ3v) is 3.66. The molecule has 0 spiro atoms. The van der Waals surface area contributed by atoms with Crippen LogP contribution in [0.3, 0.4) is 0 Å². The van der Waals surface area contributed by atoms with Gasteiger partial charge >= 0.3 is 0 Å². The minimum Gasteiger partial charge on any atom is -0.387 e. The number of aliphatic hydroxyl groups excluding tert-OH is 1. The van der Waals surface area contributed by atoms with Crippen LogP contribution >= 0.6 is 0 Å². The number of halogens is 1. The molecular weight excluding hydrogens is 267 g/mol. The molecular formula is C17H17FN2O. The SMILES string of the molecule is CCc1nc2ccccc2n1C[C@H](O)c1ccc(F)cc1. The van der Waals surface area contributed by atoms with Gasteiger partial charge in [0.05, 0.1) is 23.7 Å². The Morgan fingerprint density at radius 1 is 1.14 bits per heavy atom. The van der Waals surface area contributed by atoms with Crippen molar-refractivity contribution < 1.29 is 9.50 Å². The number of para-hydroxylation sites is 2. The molecule has 0 saturated heterocycles. The number of aliphatic hydroxyl groups is 1. The average Bonchev–Trinajstić information content (AvgIpc) is 2.86. The summed E-state index contributed by atoms with van der Waals surface area (Å²) in [4.78, 5) is 4.58. The summed E-state index contributed by atoms with van der Waals surface area (Å²) < 4.78 is 15.0. The first kappa shape index (κ1) is 13.8. The number of imidazole rings is 1. The van der Waals surface area contributed by atoms with E-state index in [2.05, 4.69) is 4.98 Å². The molecule has 21 heavy (non-hydrogen) atoms. The van der Waals surface area contributed by atoms with E-state index in [0.29, 0.717) is 12.1 Å². The van der Waals surface area contributed by atoms with Gasteiger partial charge in [-0.3, -0.25) is 0 Å². The van der Waals surface area contributed by atoms with Gasteiger partial charge in [-0.2, -0.15) is 0 Å². The molecule has 0 bridgehead atoms. The van der Waals surface area contributed by atoms with Crippen molar-refractivity contribution in [2.75, 3.05) is 0 Å². The predicted octanol–water partition coefficient (Wildman–Crippen LogP) is 3.47. The Morgan fingerprint density at radius 3 is 2.57 bits per heavy atom. The maximum absolute atomic E-state index is 13.0. The second-order valence-electron chi connectivity index (χ2n) is 5.05. The van der Waals surface area contributed by atoms with Gasteiger partial charge in [0.1, 0.15) is 11.6 Å². The van der Waals surface area contributed by atoms with Gasteiger partial charge in [-0.15, -0.1) is 0 Å². The standard InChI is InChI=1S/C17H17FN2O/c1-2-17-19-14-5-3-4-6-15(14)20(17)11-16(21)12-7-9-13(18)10-8-12/h3-10,16,21H,2,11H2,1H3/t16-/m0/s1. The summed E-state index contributed by atoms with van der Waals surface area (Å²) in [5, 5.41) is 10.4. The van der Waals surface area contributed by atoms with Crippen LogP contribution in [0.4, 0.5) is 4.39 Å². The minimum atomic E-state index is -0.687. The highest BCUT2D eigenvalue weighted by molar-refractivity contribution is 5.75. The number of benzene rings is 2. The summed E-state index contributed by atoms with van der Waals surface area (Å²) in [6, 6.07) is 13.8. The number of rotatable bonds is 4. The normalized spacial score (nSPS) is 12.7. The average molecular weight is 284 g/mol. The highest BCUT2D eigenvalue weighted by Crippen LogP contribution is 2.22. The van der Waals surface area contributed by atoms with Crippen LogP contribution in [-0.2, 0) is 13.0 Å². The van der Waals surface area contributed by atoms with Crippen LogP contribution in [0.2, 0.25) is 0 Å². The van der Waals surface area contributed by atoms with Crippen LogP contribution in [0, 0.1) is 5.82 Å². The molecule has 2 aromatic carbocycles. The summed E-state index contributed by atoms with van der Waals surface area (Å²) in [5.41, 5.74) is 2.65. The molecule has 3 nitrogen and oxygen atoms in total. The first-order valence-electron chi connectivity index (χ1n) is 7.06. The third kappa shape index (κ3) is 2.67. The molecule has 0 aliphatic carbocycles. The topological polar surface area (TPSA) is 38.0 Å². The maximum atomic E-state index is 13.0. The molecule has 3 rings (SSSR count). The number of fused-ring (bicyclic) bond motifs is 1. The van der Waals surface area contributed by atoms with Gasteiger partial charge < -0.3 is 9.67 Å². The molecule has 1 atom stereocenters. The van der Waals surface area contributed by atoms with Gasteiger partial charge in [0.2, 0.25) is 0 Å². The Balaban J connectivity index is 1.95. The molecule has 0 amide bonds. The summed E-state index contributed by atoms with van der Waals surface area (Å²) in [6.07, 6.45) is 0.110. The monoisotopic (exact) mass is 284 g/mol. The van der Waals surface area contributed by atoms with Crippen LogP contribution in [0.1, 0.15) is 24.4 Å². The van der Waals surface area contributed by atoms with E-state index in [0.717, 1.165) is 23.3 Å². The van der Waals surface area contributed by atoms with E-state index >= 15 is 0 Å². The zero-order chi connectivity index (χ0) is 14.8. The molecule has 0 unspecified atom stereocenters. The molecule has 1 heterocycles. The van der Waals surface area contributed by atoms with E-state index in [1.54, 1.807) is 12.1 Å². The van der Waals surface area contributed by atoms with E-state index in [1.807, 2.05) is 35.8 Å². The largest absolute Gasteiger partial charge is 0.387 e. The number of nitrogens with zero attached hydrogens (tertiary/aromatic N) is 2. The molecule has 0 aliphatic heterocycles. The second-order valence-corrected chi connectivity index (χ2v) is 5.05. The van der Waals surface area contributed by atoms with Crippen molar-refractivity contribution in [3.63, 3.8) is 0 Å². The number of hydrogen-bond donors (Lipinski definition) is 1. The van der Waals surface area contributed by atoms with E-state index in [1.165, 1.54) is 12.1 Å². The first-order chi connectivity index (χ1) is 10.2. The predicted molar refractivity (Wildman–Crippen MR) is 80.5 cm³/mol. The lowest BCUT2D eigenvalue weighted by atomic mass is 10.1. The second kappa shape index (κ2) is 5.66. The van der Waals surface area contributed by atoms with Crippen molar-refractivity contribution in [3.05, 3.63) is 65.7 Å². The molecule has 1 N–H and O–H groups in total. The summed E-state index contributed by atoms with van der Waals surface area (Å²) >= 11 is 0. The van der Waals surface area contributed by atoms with Crippen LogP contribution in [0.25, 0.3) is 11.0 Å². The third-order valence-electron chi connectivity index (χ3n) is 3.66. The van der Waals surface area contributed by atoms with Gasteiger partial charge in [0.15, 0.2) is 0 Å². The molecule has 0 aliphatic rings. The summed E-state index contributed by atoms with van der Waals surface area (Å²) in [5.74, 6) is 0.644. The highest BCUT2D eigenvalue weighted by atomic mass is 19.1. The highest BCUT2D eigenvalue weighted by Gasteiger charge is 2.14. The Bertz CT molecular complexity index is 749. The van der Waals surface area contributed by atoms with Crippen LogP contribution in [0.5, 0.6) is 0 Å². The van der Waals surface area contributed by atoms with Crippen molar-refractivity contribution in [2.24, 2.45) is 0 Å². The summed E-state index contributed by atoms with van der Waals surface area (Å²) in [6.45, 7) is 2.46. The number of aryl methyl sites for hydroxylation is 1. The lowest BCUT2D eigenvalue weighted by molar-refractivity contribution is 0.156. The molecule has 108 valence electrons. The Kier molecular flexibility index (Phi) is 3.71. The van der Waals surface area contributed by atoms with E-state index < -0.39 is 6.10 Å². The van der Waals surface area contributed by atoms with Crippen molar-refractivity contribution >= 4 is 11.0 Å². The van der Waals surface area contributed by atoms with Crippen LogP contribution in [-0.4, -0.2) is 14.7 Å². The van der Waals surface area contributed by atoms with Crippen molar-refractivity contribution in [3.8, 4) is 0 Å². The fraction of sp³-hybridized carbons (Fsp3) is 0.235. The van der Waals surface area contributed by atoms with Gasteiger partial charge in [-0.25, -0.2) is 9.37 Å². The number of hydrogen-bond acceptors (Lipinski definition) is 2. The fourth-order valence-electron chi connectivity index (χ4n) is 2.56. The van der Waals surface area contributed by atoms with Crippen molar-refractivity contribution in [1.29, 1.82) is 0 Å². The maximum Gasteiger partial charge on any atom is 0.123 e. The molecule has 4 heteroatoms. The van der Waals surface area contributed by atoms with E-state index in [9.17, 15) is 9.50 Å². The molecule has 0 radical (unpaired) electrons. The van der Waals surface area contributed by atoms with Gasteiger partial charge in [-0.05, 0) is 29.8 Å². The smallest absolute Gasteiger partial charge is 0.123 e. The van der Waals surface area contributed by atoms with Gasteiger partial charge in [0.25, 0.3) is 0 Å². The van der Waals surface area contributed by atoms with Crippen LogP contribution in [0.15, 0.2) is 48.5 Å².